The van der Waals surface area contributed by atoms with Crippen molar-refractivity contribution in [3.8, 4) is 6.07 Å². The summed E-state index contributed by atoms with van der Waals surface area (Å²) in [5.41, 5.74) is 2.34. The molecule has 5 nitrogen and oxygen atoms in total. The van der Waals surface area contributed by atoms with Crippen molar-refractivity contribution >= 4 is 15.8 Å². The summed E-state index contributed by atoms with van der Waals surface area (Å²) in [6.07, 6.45) is 0. The molecule has 0 fully saturated rings. The lowest BCUT2D eigenvalue weighted by Crippen LogP contribution is -2.06. The number of nitrogens with zero attached hydrogens (tertiary/aromatic N) is 2. The first-order valence-corrected chi connectivity index (χ1v) is 7.88. The summed E-state index contributed by atoms with van der Waals surface area (Å²) in [7, 11) is -4.04. The van der Waals surface area contributed by atoms with E-state index < -0.39 is 10.1 Å². The number of hydrogen-bond donors (Lipinski definition) is 0. The lowest BCUT2D eigenvalue weighted by atomic mass is 10.1. The third kappa shape index (κ3) is 3.71. The zero-order valence-electron chi connectivity index (χ0n) is 12.1. The summed E-state index contributed by atoms with van der Waals surface area (Å²) in [5.74, 6) is 0. The molecule has 112 valence electrons. The molecule has 0 amide bonds. The smallest absolute Gasteiger partial charge is 0.263 e. The molecule has 0 radical (unpaired) electrons. The highest BCUT2D eigenvalue weighted by Crippen LogP contribution is 2.14. The number of benzene rings is 2. The molecule has 6 heteroatoms. The van der Waals surface area contributed by atoms with Crippen LogP contribution in [0.4, 0.5) is 0 Å². The summed E-state index contributed by atoms with van der Waals surface area (Å²) in [6, 6.07) is 15.0. The van der Waals surface area contributed by atoms with Crippen LogP contribution >= 0.6 is 0 Å². The summed E-state index contributed by atoms with van der Waals surface area (Å²) in [5, 5.41) is 12.6. The third-order valence-corrected chi connectivity index (χ3v) is 4.09. The van der Waals surface area contributed by atoms with Gasteiger partial charge in [-0.15, -0.1) is 0 Å². The number of aryl methyl sites for hydroxylation is 2. The second-order valence-corrected chi connectivity index (χ2v) is 6.29. The van der Waals surface area contributed by atoms with Gasteiger partial charge in [0.15, 0.2) is 5.71 Å². The van der Waals surface area contributed by atoms with Gasteiger partial charge in [-0.2, -0.15) is 13.7 Å². The lowest BCUT2D eigenvalue weighted by Gasteiger charge is -2.03. The topological polar surface area (TPSA) is 79.5 Å². The van der Waals surface area contributed by atoms with Crippen molar-refractivity contribution in [1.82, 2.24) is 0 Å². The Morgan fingerprint density at radius 2 is 1.50 bits per heavy atom. The molecule has 0 N–H and O–H groups in total. The van der Waals surface area contributed by atoms with E-state index in [4.69, 9.17) is 5.26 Å². The fourth-order valence-corrected chi connectivity index (χ4v) is 2.41. The Morgan fingerprint density at radius 3 is 2.00 bits per heavy atom. The standard InChI is InChI=1S/C16H14N2O3S/c1-12-3-7-14(8-4-12)16(11-17)18-21-22(19,20)15-9-5-13(2)6-10-15/h3-10H,1-2H3. The van der Waals surface area contributed by atoms with Crippen molar-refractivity contribution < 1.29 is 12.7 Å². The average Bonchev–Trinajstić information content (AvgIpc) is 2.50. The summed E-state index contributed by atoms with van der Waals surface area (Å²) in [6.45, 7) is 3.76. The van der Waals surface area contributed by atoms with Gasteiger partial charge in [0.2, 0.25) is 0 Å². The summed E-state index contributed by atoms with van der Waals surface area (Å²) >= 11 is 0. The van der Waals surface area contributed by atoms with Gasteiger partial charge in [0.05, 0.1) is 0 Å². The first-order chi connectivity index (χ1) is 10.4. The number of hydrogen-bond acceptors (Lipinski definition) is 5. The van der Waals surface area contributed by atoms with E-state index in [0.29, 0.717) is 5.56 Å². The Bertz CT molecular complexity index is 830. The van der Waals surface area contributed by atoms with Gasteiger partial charge < -0.3 is 0 Å². The maximum absolute atomic E-state index is 12.0. The molecule has 2 aromatic rings. The molecule has 0 unspecified atom stereocenters. The predicted molar refractivity (Wildman–Crippen MR) is 82.8 cm³/mol. The van der Waals surface area contributed by atoms with Crippen molar-refractivity contribution in [2.75, 3.05) is 0 Å². The molecule has 0 spiro atoms. The molecule has 0 aliphatic rings. The van der Waals surface area contributed by atoms with Crippen LogP contribution in [0.15, 0.2) is 58.6 Å². The molecule has 0 heterocycles. The van der Waals surface area contributed by atoms with Crippen molar-refractivity contribution in [3.63, 3.8) is 0 Å². The monoisotopic (exact) mass is 314 g/mol. The van der Waals surface area contributed by atoms with E-state index in [9.17, 15) is 8.42 Å². The summed E-state index contributed by atoms with van der Waals surface area (Å²) < 4.78 is 28.7. The summed E-state index contributed by atoms with van der Waals surface area (Å²) in [4.78, 5) is -0.0111. The molecular weight excluding hydrogens is 300 g/mol. The molecule has 0 saturated heterocycles. The molecule has 0 aliphatic carbocycles. The average molecular weight is 314 g/mol. The maximum atomic E-state index is 12.0. The van der Waals surface area contributed by atoms with Crippen LogP contribution in [0, 0.1) is 25.2 Å². The highest BCUT2D eigenvalue weighted by molar-refractivity contribution is 7.86. The number of nitriles is 1. The van der Waals surface area contributed by atoms with Gasteiger partial charge in [0.1, 0.15) is 11.0 Å². The number of rotatable bonds is 4. The predicted octanol–water partition coefficient (Wildman–Crippen LogP) is 2.94. The van der Waals surface area contributed by atoms with Crippen LogP contribution in [0.2, 0.25) is 0 Å². The Labute approximate surface area is 129 Å². The Balaban J connectivity index is 2.26. The van der Waals surface area contributed by atoms with Crippen molar-refractivity contribution in [1.29, 1.82) is 5.26 Å². The van der Waals surface area contributed by atoms with Crippen molar-refractivity contribution in [3.05, 3.63) is 65.2 Å². The van der Waals surface area contributed by atoms with Crippen LogP contribution in [0.5, 0.6) is 0 Å². The van der Waals surface area contributed by atoms with Gasteiger partial charge >= 0.3 is 10.1 Å². The molecular formula is C16H14N2O3S. The Morgan fingerprint density at radius 1 is 1.00 bits per heavy atom. The maximum Gasteiger partial charge on any atom is 0.358 e. The minimum atomic E-state index is -4.04. The second-order valence-electron chi connectivity index (χ2n) is 4.76. The SMILES string of the molecule is Cc1ccc(C(C#N)=NOS(=O)(=O)c2ccc(C)cc2)cc1. The third-order valence-electron chi connectivity index (χ3n) is 2.97. The van der Waals surface area contributed by atoms with Crippen LogP contribution in [-0.2, 0) is 14.4 Å². The first-order valence-electron chi connectivity index (χ1n) is 6.48. The van der Waals surface area contributed by atoms with E-state index >= 15 is 0 Å². The lowest BCUT2D eigenvalue weighted by molar-refractivity contribution is 0.339. The first kappa shape index (κ1) is 15.7. The van der Waals surface area contributed by atoms with Gasteiger partial charge in [-0.25, -0.2) is 0 Å². The number of oxime groups is 1. The molecule has 0 aliphatic heterocycles. The molecule has 2 rings (SSSR count). The van der Waals surface area contributed by atoms with Crippen LogP contribution < -0.4 is 0 Å². The Hall–Kier alpha value is -2.65. The molecule has 0 saturated carbocycles. The minimum Gasteiger partial charge on any atom is -0.263 e. The van der Waals surface area contributed by atoms with Crippen LogP contribution in [0.1, 0.15) is 16.7 Å². The van der Waals surface area contributed by atoms with Crippen molar-refractivity contribution in [2.45, 2.75) is 18.7 Å². The van der Waals surface area contributed by atoms with Crippen LogP contribution in [0.25, 0.3) is 0 Å². The van der Waals surface area contributed by atoms with E-state index in [2.05, 4.69) is 9.44 Å². The van der Waals surface area contributed by atoms with Crippen LogP contribution in [0.3, 0.4) is 0 Å². The molecule has 2 aromatic carbocycles. The van der Waals surface area contributed by atoms with E-state index in [-0.39, 0.29) is 10.6 Å². The van der Waals surface area contributed by atoms with Crippen LogP contribution in [-0.4, -0.2) is 14.1 Å². The van der Waals surface area contributed by atoms with Gasteiger partial charge in [-0.05, 0) is 26.0 Å². The normalized spacial score (nSPS) is 11.8. The van der Waals surface area contributed by atoms with E-state index in [1.807, 2.05) is 19.9 Å². The van der Waals surface area contributed by atoms with E-state index in [1.54, 1.807) is 36.4 Å². The molecule has 0 aromatic heterocycles. The largest absolute Gasteiger partial charge is 0.358 e. The second kappa shape index (κ2) is 6.41. The molecule has 0 atom stereocenters. The minimum absolute atomic E-state index is 0.0111. The van der Waals surface area contributed by atoms with Crippen molar-refractivity contribution in [2.24, 2.45) is 5.16 Å². The van der Waals surface area contributed by atoms with Gasteiger partial charge in [0, 0.05) is 5.56 Å². The van der Waals surface area contributed by atoms with Gasteiger partial charge in [-0.1, -0.05) is 52.7 Å². The molecule has 0 bridgehead atoms. The van der Waals surface area contributed by atoms with Gasteiger partial charge in [-0.3, -0.25) is 4.28 Å². The highest BCUT2D eigenvalue weighted by Gasteiger charge is 2.16. The highest BCUT2D eigenvalue weighted by atomic mass is 32.2. The fourth-order valence-electron chi connectivity index (χ4n) is 1.68. The quantitative estimate of drug-likeness (QED) is 0.642. The molecule has 22 heavy (non-hydrogen) atoms. The van der Waals surface area contributed by atoms with Gasteiger partial charge in [0.25, 0.3) is 0 Å². The zero-order chi connectivity index (χ0) is 16.2. The zero-order valence-corrected chi connectivity index (χ0v) is 13.0. The van der Waals surface area contributed by atoms with E-state index in [0.717, 1.165) is 11.1 Å². The Kier molecular flexibility index (Phi) is 4.59. The fraction of sp³-hybridized carbons (Fsp3) is 0.125. The van der Waals surface area contributed by atoms with E-state index in [1.165, 1.54) is 12.1 Å².